The number of nitrogens with zero attached hydrogens (tertiary/aromatic N) is 2. The molecule has 0 spiro atoms. The van der Waals surface area contributed by atoms with Crippen molar-refractivity contribution in [2.75, 3.05) is 13.6 Å². The van der Waals surface area contributed by atoms with Crippen LogP contribution in [-0.4, -0.2) is 29.5 Å². The fraction of sp³-hybridized carbons (Fsp3) is 0.217. The van der Waals surface area contributed by atoms with E-state index in [0.29, 0.717) is 12.4 Å². The third kappa shape index (κ3) is 4.32. The highest BCUT2D eigenvalue weighted by Gasteiger charge is 2.09. The van der Waals surface area contributed by atoms with Crippen molar-refractivity contribution in [1.29, 1.82) is 0 Å². The molecule has 0 fully saturated rings. The summed E-state index contributed by atoms with van der Waals surface area (Å²) in [4.78, 5) is 12.3. The number of aliphatic imine (C=N–C) groups is 1. The van der Waals surface area contributed by atoms with E-state index in [1.165, 1.54) is 22.2 Å². The number of benzene rings is 2. The van der Waals surface area contributed by atoms with Gasteiger partial charge in [0.2, 0.25) is 5.89 Å². The molecule has 2 heterocycles. The molecule has 6 nitrogen and oxygen atoms in total. The maximum absolute atomic E-state index is 5.59. The monoisotopic (exact) mass is 387 g/mol. The number of oxazole rings is 1. The molecule has 0 saturated carbocycles. The third-order valence-electron chi connectivity index (χ3n) is 4.93. The molecule has 0 unspecified atom stereocenters. The number of para-hydroxylation sites is 1. The first-order valence-electron chi connectivity index (χ1n) is 9.75. The predicted octanol–water partition coefficient (Wildman–Crippen LogP) is 4.04. The lowest BCUT2D eigenvalue weighted by Gasteiger charge is -2.11. The first kappa shape index (κ1) is 18.8. The standard InChI is InChI=1S/C23H25N5O/c1-16-19(20-10-6-7-11-21(20)27-16)12-13-25-23(24-2)26-14-18-15-29-22(28-18)17-8-4-3-5-9-17/h3-11,15,27H,12-14H2,1-2H3,(H2,24,25,26). The van der Waals surface area contributed by atoms with Crippen LogP contribution in [0.25, 0.3) is 22.4 Å². The lowest BCUT2D eigenvalue weighted by Crippen LogP contribution is -2.38. The summed E-state index contributed by atoms with van der Waals surface area (Å²) in [6, 6.07) is 18.3. The van der Waals surface area contributed by atoms with Crippen LogP contribution in [-0.2, 0) is 13.0 Å². The summed E-state index contributed by atoms with van der Waals surface area (Å²) in [7, 11) is 1.77. The molecule has 2 aromatic carbocycles. The molecular weight excluding hydrogens is 362 g/mol. The number of hydrogen-bond acceptors (Lipinski definition) is 3. The number of rotatable bonds is 6. The Labute approximate surface area is 170 Å². The molecule has 0 bridgehead atoms. The van der Waals surface area contributed by atoms with E-state index in [4.69, 9.17) is 4.42 Å². The summed E-state index contributed by atoms with van der Waals surface area (Å²) in [6.45, 7) is 3.45. The van der Waals surface area contributed by atoms with Crippen LogP contribution in [0, 0.1) is 6.92 Å². The molecule has 148 valence electrons. The second-order valence-electron chi connectivity index (χ2n) is 6.89. The molecule has 4 rings (SSSR count). The van der Waals surface area contributed by atoms with Gasteiger partial charge >= 0.3 is 0 Å². The van der Waals surface area contributed by atoms with E-state index in [0.717, 1.165) is 30.2 Å². The maximum Gasteiger partial charge on any atom is 0.226 e. The zero-order chi connectivity index (χ0) is 20.1. The summed E-state index contributed by atoms with van der Waals surface area (Å²) in [5.41, 5.74) is 5.54. The van der Waals surface area contributed by atoms with Crippen LogP contribution in [0.2, 0.25) is 0 Å². The van der Waals surface area contributed by atoms with E-state index in [9.17, 15) is 0 Å². The molecule has 3 N–H and O–H groups in total. The highest BCUT2D eigenvalue weighted by molar-refractivity contribution is 5.84. The smallest absolute Gasteiger partial charge is 0.226 e. The Hall–Kier alpha value is -3.54. The molecule has 6 heteroatoms. The van der Waals surface area contributed by atoms with Crippen molar-refractivity contribution in [2.45, 2.75) is 19.9 Å². The van der Waals surface area contributed by atoms with Gasteiger partial charge in [-0.1, -0.05) is 36.4 Å². The molecule has 0 atom stereocenters. The Kier molecular flexibility index (Phi) is 5.61. The van der Waals surface area contributed by atoms with E-state index < -0.39 is 0 Å². The van der Waals surface area contributed by atoms with Gasteiger partial charge in [-0.25, -0.2) is 4.98 Å². The van der Waals surface area contributed by atoms with Crippen LogP contribution >= 0.6 is 0 Å². The summed E-state index contributed by atoms with van der Waals surface area (Å²) < 4.78 is 5.59. The Bertz CT molecular complexity index is 1110. The van der Waals surface area contributed by atoms with E-state index in [-0.39, 0.29) is 0 Å². The van der Waals surface area contributed by atoms with Crippen LogP contribution < -0.4 is 10.6 Å². The zero-order valence-corrected chi connectivity index (χ0v) is 16.7. The summed E-state index contributed by atoms with van der Waals surface area (Å²) in [5.74, 6) is 1.37. The molecule has 0 aliphatic rings. The normalized spacial score (nSPS) is 11.7. The van der Waals surface area contributed by atoms with E-state index in [1.807, 2.05) is 30.3 Å². The van der Waals surface area contributed by atoms with Crippen molar-refractivity contribution in [3.8, 4) is 11.5 Å². The predicted molar refractivity (Wildman–Crippen MR) is 117 cm³/mol. The number of nitrogens with one attached hydrogen (secondary N) is 3. The van der Waals surface area contributed by atoms with Gasteiger partial charge in [0, 0.05) is 35.8 Å². The quantitative estimate of drug-likeness (QED) is 0.345. The fourth-order valence-corrected chi connectivity index (χ4v) is 3.46. The molecule has 4 aromatic rings. The van der Waals surface area contributed by atoms with E-state index >= 15 is 0 Å². The SMILES string of the molecule is CN=C(NCCc1c(C)[nH]c2ccccc12)NCc1coc(-c2ccccc2)n1. The molecule has 0 aliphatic heterocycles. The number of guanidine groups is 1. The van der Waals surface area contributed by atoms with Gasteiger partial charge in [0.1, 0.15) is 6.26 Å². The molecule has 0 radical (unpaired) electrons. The molecule has 2 aromatic heterocycles. The Morgan fingerprint density at radius 3 is 2.69 bits per heavy atom. The van der Waals surface area contributed by atoms with Crippen molar-refractivity contribution in [3.63, 3.8) is 0 Å². The van der Waals surface area contributed by atoms with Gasteiger partial charge in [-0.3, -0.25) is 4.99 Å². The van der Waals surface area contributed by atoms with Gasteiger partial charge in [-0.05, 0) is 37.1 Å². The largest absolute Gasteiger partial charge is 0.444 e. The van der Waals surface area contributed by atoms with Crippen molar-refractivity contribution < 1.29 is 4.42 Å². The van der Waals surface area contributed by atoms with Crippen molar-refractivity contribution in [2.24, 2.45) is 4.99 Å². The maximum atomic E-state index is 5.59. The summed E-state index contributed by atoms with van der Waals surface area (Å²) >= 11 is 0. The topological polar surface area (TPSA) is 78.2 Å². The highest BCUT2D eigenvalue weighted by atomic mass is 16.3. The molecular formula is C23H25N5O. The number of H-pyrrole nitrogens is 1. The Balaban J connectivity index is 1.31. The van der Waals surface area contributed by atoms with Crippen LogP contribution in [0.5, 0.6) is 0 Å². The number of fused-ring (bicyclic) bond motifs is 1. The number of aryl methyl sites for hydroxylation is 1. The van der Waals surface area contributed by atoms with E-state index in [1.54, 1.807) is 13.3 Å². The third-order valence-corrected chi connectivity index (χ3v) is 4.93. The summed E-state index contributed by atoms with van der Waals surface area (Å²) in [5, 5.41) is 7.95. The van der Waals surface area contributed by atoms with Gasteiger partial charge in [0.25, 0.3) is 0 Å². The van der Waals surface area contributed by atoms with Gasteiger partial charge in [-0.2, -0.15) is 0 Å². The first-order valence-corrected chi connectivity index (χ1v) is 9.75. The molecule has 0 aliphatic carbocycles. The van der Waals surface area contributed by atoms with Gasteiger partial charge < -0.3 is 20.0 Å². The first-order chi connectivity index (χ1) is 14.2. The van der Waals surface area contributed by atoms with Crippen LogP contribution in [0.15, 0.2) is 70.3 Å². The minimum atomic E-state index is 0.544. The molecule has 29 heavy (non-hydrogen) atoms. The van der Waals surface area contributed by atoms with Gasteiger partial charge in [0.15, 0.2) is 5.96 Å². The van der Waals surface area contributed by atoms with Crippen LogP contribution in [0.4, 0.5) is 0 Å². The van der Waals surface area contributed by atoms with Gasteiger partial charge in [0.05, 0.1) is 12.2 Å². The van der Waals surface area contributed by atoms with Crippen LogP contribution in [0.1, 0.15) is 17.0 Å². The zero-order valence-electron chi connectivity index (χ0n) is 16.7. The second-order valence-corrected chi connectivity index (χ2v) is 6.89. The van der Waals surface area contributed by atoms with E-state index in [2.05, 4.69) is 56.8 Å². The minimum absolute atomic E-state index is 0.544. The Morgan fingerprint density at radius 1 is 1.07 bits per heavy atom. The molecule has 0 saturated heterocycles. The van der Waals surface area contributed by atoms with Gasteiger partial charge in [-0.15, -0.1) is 0 Å². The van der Waals surface area contributed by atoms with Crippen LogP contribution in [0.3, 0.4) is 0 Å². The van der Waals surface area contributed by atoms with Crippen molar-refractivity contribution in [1.82, 2.24) is 20.6 Å². The average Bonchev–Trinajstić information content (AvgIpc) is 3.35. The fourth-order valence-electron chi connectivity index (χ4n) is 3.46. The Morgan fingerprint density at radius 2 is 1.86 bits per heavy atom. The van der Waals surface area contributed by atoms with Crippen molar-refractivity contribution >= 4 is 16.9 Å². The number of aromatic nitrogens is 2. The molecule has 0 amide bonds. The lowest BCUT2D eigenvalue weighted by atomic mass is 10.1. The van der Waals surface area contributed by atoms with Crippen molar-refractivity contribution in [3.05, 3.63) is 77.8 Å². The average molecular weight is 387 g/mol. The number of hydrogen-bond donors (Lipinski definition) is 3. The number of aromatic amines is 1. The minimum Gasteiger partial charge on any atom is -0.444 e. The highest BCUT2D eigenvalue weighted by Crippen LogP contribution is 2.22. The second kappa shape index (κ2) is 8.65. The lowest BCUT2D eigenvalue weighted by molar-refractivity contribution is 0.572. The summed E-state index contributed by atoms with van der Waals surface area (Å²) in [6.07, 6.45) is 2.59.